The molecule has 0 aliphatic carbocycles. The fourth-order valence-corrected chi connectivity index (χ4v) is 4.38. The lowest BCUT2D eigenvalue weighted by Gasteiger charge is -2.07. The molecule has 0 spiro atoms. The standard InChI is InChI=1S/C17H18N4O3S3/c1-27(23,24)15-6-4-13(5-7-15)19-16(22)11-26-17-20-18-12-21(17)9-8-14-3-2-10-25-14/h2-7,10,12H,8-9,11H2,1H3,(H,19,22). The first-order chi connectivity index (χ1) is 12.9. The Kier molecular flexibility index (Phi) is 6.30. The van der Waals surface area contributed by atoms with E-state index in [1.54, 1.807) is 29.8 Å². The molecule has 0 aliphatic rings. The molecule has 27 heavy (non-hydrogen) atoms. The lowest BCUT2D eigenvalue weighted by atomic mass is 10.3. The van der Waals surface area contributed by atoms with Crippen molar-refractivity contribution < 1.29 is 13.2 Å². The Morgan fingerprint density at radius 1 is 1.26 bits per heavy atom. The van der Waals surface area contributed by atoms with E-state index in [9.17, 15) is 13.2 Å². The molecule has 0 aliphatic heterocycles. The van der Waals surface area contributed by atoms with Gasteiger partial charge in [0, 0.05) is 23.4 Å². The summed E-state index contributed by atoms with van der Waals surface area (Å²) in [5, 5.41) is 13.5. The number of aryl methyl sites for hydroxylation is 2. The number of hydrogen-bond acceptors (Lipinski definition) is 7. The van der Waals surface area contributed by atoms with Crippen LogP contribution in [0.1, 0.15) is 4.88 Å². The average Bonchev–Trinajstić information content (AvgIpc) is 3.29. The van der Waals surface area contributed by atoms with E-state index in [1.165, 1.54) is 28.8 Å². The number of carbonyl (C=O) groups is 1. The summed E-state index contributed by atoms with van der Waals surface area (Å²) in [7, 11) is -3.25. The number of carbonyl (C=O) groups excluding carboxylic acids is 1. The Hall–Kier alpha value is -2.17. The quantitative estimate of drug-likeness (QED) is 0.561. The Morgan fingerprint density at radius 3 is 2.70 bits per heavy atom. The van der Waals surface area contributed by atoms with E-state index in [-0.39, 0.29) is 16.6 Å². The van der Waals surface area contributed by atoms with Crippen LogP contribution in [0.4, 0.5) is 5.69 Å². The number of nitrogens with zero attached hydrogens (tertiary/aromatic N) is 3. The Labute approximate surface area is 165 Å². The van der Waals surface area contributed by atoms with Crippen molar-refractivity contribution >= 4 is 44.5 Å². The molecule has 0 saturated heterocycles. The number of anilines is 1. The number of thioether (sulfide) groups is 1. The van der Waals surface area contributed by atoms with Gasteiger partial charge in [-0.2, -0.15) is 0 Å². The second-order valence-corrected chi connectivity index (χ2v) is 9.76. The molecule has 0 bridgehead atoms. The number of rotatable bonds is 8. The van der Waals surface area contributed by atoms with Gasteiger partial charge in [-0.05, 0) is 42.1 Å². The van der Waals surface area contributed by atoms with Gasteiger partial charge in [0.15, 0.2) is 15.0 Å². The van der Waals surface area contributed by atoms with Crippen LogP contribution in [0, 0.1) is 0 Å². The van der Waals surface area contributed by atoms with Crippen molar-refractivity contribution in [2.24, 2.45) is 0 Å². The number of hydrogen-bond donors (Lipinski definition) is 1. The molecular weight excluding hydrogens is 404 g/mol. The van der Waals surface area contributed by atoms with Crippen LogP contribution in [0.25, 0.3) is 0 Å². The fraction of sp³-hybridized carbons (Fsp3) is 0.235. The van der Waals surface area contributed by atoms with Gasteiger partial charge in [-0.15, -0.1) is 21.5 Å². The highest BCUT2D eigenvalue weighted by Crippen LogP contribution is 2.18. The molecule has 0 fully saturated rings. The molecule has 0 atom stereocenters. The van der Waals surface area contributed by atoms with E-state index >= 15 is 0 Å². The topological polar surface area (TPSA) is 93.9 Å². The maximum absolute atomic E-state index is 12.1. The minimum absolute atomic E-state index is 0.186. The minimum atomic E-state index is -3.25. The van der Waals surface area contributed by atoms with Gasteiger partial charge in [-0.1, -0.05) is 17.8 Å². The van der Waals surface area contributed by atoms with Gasteiger partial charge in [0.2, 0.25) is 5.91 Å². The molecule has 0 unspecified atom stereocenters. The molecule has 0 saturated carbocycles. The van der Waals surface area contributed by atoms with E-state index in [1.807, 2.05) is 16.0 Å². The summed E-state index contributed by atoms with van der Waals surface area (Å²) in [6, 6.07) is 10.2. The van der Waals surface area contributed by atoms with Gasteiger partial charge in [0.05, 0.1) is 10.6 Å². The van der Waals surface area contributed by atoms with Crippen LogP contribution >= 0.6 is 23.1 Å². The van der Waals surface area contributed by atoms with E-state index in [0.29, 0.717) is 10.8 Å². The van der Waals surface area contributed by atoms with Gasteiger partial charge in [-0.25, -0.2) is 8.42 Å². The predicted molar refractivity (Wildman–Crippen MR) is 107 cm³/mol. The molecule has 142 valence electrons. The van der Waals surface area contributed by atoms with Crippen molar-refractivity contribution in [3.63, 3.8) is 0 Å². The van der Waals surface area contributed by atoms with Crippen LogP contribution in [0.15, 0.2) is 58.2 Å². The molecule has 1 N–H and O–H groups in total. The summed E-state index contributed by atoms with van der Waals surface area (Å²) in [5.41, 5.74) is 0.548. The third kappa shape index (κ3) is 5.65. The number of thiophene rings is 1. The van der Waals surface area contributed by atoms with E-state index in [4.69, 9.17) is 0 Å². The highest BCUT2D eigenvalue weighted by atomic mass is 32.2. The summed E-state index contributed by atoms with van der Waals surface area (Å²) in [5.74, 6) is -0.00849. The van der Waals surface area contributed by atoms with Crippen LogP contribution in [0.3, 0.4) is 0 Å². The van der Waals surface area contributed by atoms with Gasteiger partial charge in [0.1, 0.15) is 6.33 Å². The van der Waals surface area contributed by atoms with E-state index in [0.717, 1.165) is 19.2 Å². The number of benzene rings is 1. The van der Waals surface area contributed by atoms with Crippen LogP contribution in [0.2, 0.25) is 0 Å². The van der Waals surface area contributed by atoms with Crippen molar-refractivity contribution in [2.45, 2.75) is 23.0 Å². The molecule has 3 aromatic rings. The van der Waals surface area contributed by atoms with Crippen molar-refractivity contribution in [2.75, 3.05) is 17.3 Å². The van der Waals surface area contributed by atoms with Crippen LogP contribution < -0.4 is 5.32 Å². The summed E-state index contributed by atoms with van der Waals surface area (Å²) >= 11 is 3.02. The van der Waals surface area contributed by atoms with E-state index < -0.39 is 9.84 Å². The molecule has 7 nitrogen and oxygen atoms in total. The maximum Gasteiger partial charge on any atom is 0.234 e. The normalized spacial score (nSPS) is 11.4. The monoisotopic (exact) mass is 422 g/mol. The Balaban J connectivity index is 1.51. The second-order valence-electron chi connectivity index (χ2n) is 5.77. The second kappa shape index (κ2) is 8.68. The first-order valence-corrected chi connectivity index (χ1v) is 11.8. The van der Waals surface area contributed by atoms with Gasteiger partial charge in [-0.3, -0.25) is 4.79 Å². The highest BCUT2D eigenvalue weighted by molar-refractivity contribution is 7.99. The molecule has 1 amide bonds. The lowest BCUT2D eigenvalue weighted by molar-refractivity contribution is -0.113. The first kappa shape index (κ1) is 19.6. The summed E-state index contributed by atoms with van der Waals surface area (Å²) < 4.78 is 24.8. The van der Waals surface area contributed by atoms with Gasteiger partial charge >= 0.3 is 0 Å². The van der Waals surface area contributed by atoms with Crippen molar-refractivity contribution in [3.05, 3.63) is 53.0 Å². The molecule has 2 heterocycles. The summed E-state index contributed by atoms with van der Waals surface area (Å²) in [6.45, 7) is 0.754. The highest BCUT2D eigenvalue weighted by Gasteiger charge is 2.11. The number of aromatic nitrogens is 3. The summed E-state index contributed by atoms with van der Waals surface area (Å²) in [4.78, 5) is 13.6. The van der Waals surface area contributed by atoms with Gasteiger partial charge < -0.3 is 9.88 Å². The zero-order valence-electron chi connectivity index (χ0n) is 14.5. The first-order valence-electron chi connectivity index (χ1n) is 8.05. The molecule has 0 radical (unpaired) electrons. The Morgan fingerprint density at radius 2 is 2.04 bits per heavy atom. The van der Waals surface area contributed by atoms with Crippen LogP contribution in [0.5, 0.6) is 0 Å². The third-order valence-electron chi connectivity index (χ3n) is 3.66. The molecule has 1 aromatic carbocycles. The number of nitrogens with one attached hydrogen (secondary N) is 1. The van der Waals surface area contributed by atoms with Crippen molar-refractivity contribution in [1.29, 1.82) is 0 Å². The zero-order chi connectivity index (χ0) is 19.3. The van der Waals surface area contributed by atoms with Crippen LogP contribution in [-0.4, -0.2) is 41.1 Å². The molecule has 10 heteroatoms. The third-order valence-corrected chi connectivity index (χ3v) is 6.70. The van der Waals surface area contributed by atoms with Gasteiger partial charge in [0.25, 0.3) is 0 Å². The lowest BCUT2D eigenvalue weighted by Crippen LogP contribution is -2.14. The predicted octanol–water partition coefficient (Wildman–Crippen LogP) is 2.72. The maximum atomic E-state index is 12.1. The molecular formula is C17H18N4O3S3. The largest absolute Gasteiger partial charge is 0.325 e. The fourth-order valence-electron chi connectivity index (χ4n) is 2.31. The number of sulfone groups is 1. The smallest absolute Gasteiger partial charge is 0.234 e. The average molecular weight is 423 g/mol. The minimum Gasteiger partial charge on any atom is -0.325 e. The van der Waals surface area contributed by atoms with Crippen LogP contribution in [-0.2, 0) is 27.6 Å². The van der Waals surface area contributed by atoms with Crippen molar-refractivity contribution in [1.82, 2.24) is 14.8 Å². The SMILES string of the molecule is CS(=O)(=O)c1ccc(NC(=O)CSc2nncn2CCc2cccs2)cc1. The van der Waals surface area contributed by atoms with Crippen molar-refractivity contribution in [3.8, 4) is 0 Å². The molecule has 3 rings (SSSR count). The Bertz CT molecular complexity index is 996. The zero-order valence-corrected chi connectivity index (χ0v) is 17.0. The number of amides is 1. The molecule has 2 aromatic heterocycles. The summed E-state index contributed by atoms with van der Waals surface area (Å²) in [6.07, 6.45) is 3.70. The van der Waals surface area contributed by atoms with E-state index in [2.05, 4.69) is 21.6 Å².